The van der Waals surface area contributed by atoms with E-state index in [0.29, 0.717) is 36.4 Å². The Morgan fingerprint density at radius 2 is 1.73 bits per heavy atom. The molecule has 0 bridgehead atoms. The van der Waals surface area contributed by atoms with Crippen LogP contribution < -0.4 is 5.32 Å². The Hall–Kier alpha value is -1.37. The fraction of sp³-hybridized carbons (Fsp3) is 0.316. The lowest BCUT2D eigenvalue weighted by Crippen LogP contribution is -2.47. The third-order valence-electron chi connectivity index (χ3n) is 4.90. The number of carbonyl (C=O) groups excluding carboxylic acids is 1. The van der Waals surface area contributed by atoms with Gasteiger partial charge in [-0.05, 0) is 67.8 Å². The third-order valence-corrected chi connectivity index (χ3v) is 8.16. The van der Waals surface area contributed by atoms with Crippen LogP contribution in [0.1, 0.15) is 31.2 Å². The van der Waals surface area contributed by atoms with E-state index in [2.05, 4.69) is 21.2 Å². The van der Waals surface area contributed by atoms with Crippen molar-refractivity contribution in [3.05, 3.63) is 57.5 Å². The highest BCUT2D eigenvalue weighted by atomic mass is 79.9. The smallest absolute Gasteiger partial charge is 0.246 e. The van der Waals surface area contributed by atoms with Crippen molar-refractivity contribution in [2.75, 3.05) is 5.32 Å². The van der Waals surface area contributed by atoms with Gasteiger partial charge in [0.2, 0.25) is 5.91 Å². The summed E-state index contributed by atoms with van der Waals surface area (Å²) in [6, 6.07) is 11.5. The highest BCUT2D eigenvalue weighted by Gasteiger charge is 2.53. The normalized spacial score (nSPS) is 16.4. The molecule has 0 saturated heterocycles. The van der Waals surface area contributed by atoms with Crippen LogP contribution in [-0.2, 0) is 14.6 Å². The fourth-order valence-corrected chi connectivity index (χ4v) is 6.08. The Labute approximate surface area is 167 Å². The average molecular weight is 457 g/mol. The summed E-state index contributed by atoms with van der Waals surface area (Å²) in [5, 5.41) is 3.30. The maximum absolute atomic E-state index is 13.3. The van der Waals surface area contributed by atoms with Crippen molar-refractivity contribution < 1.29 is 13.2 Å². The van der Waals surface area contributed by atoms with E-state index in [1.807, 2.05) is 19.1 Å². The van der Waals surface area contributed by atoms with Gasteiger partial charge in [-0.2, -0.15) is 0 Å². The topological polar surface area (TPSA) is 63.2 Å². The van der Waals surface area contributed by atoms with Gasteiger partial charge in [0, 0.05) is 15.2 Å². The lowest BCUT2D eigenvalue weighted by Gasteiger charge is -2.28. The minimum absolute atomic E-state index is 0.131. The van der Waals surface area contributed by atoms with E-state index >= 15 is 0 Å². The monoisotopic (exact) mass is 455 g/mol. The van der Waals surface area contributed by atoms with E-state index < -0.39 is 20.5 Å². The van der Waals surface area contributed by atoms with Crippen molar-refractivity contribution in [3.8, 4) is 0 Å². The summed E-state index contributed by atoms with van der Waals surface area (Å²) < 4.78 is 26.1. The standard InChI is InChI=1S/C19H19BrClNO3S/c1-13-12-14(20)4-9-17(13)22-18(23)19(10-2-3-11-19)26(24,25)16-7-5-15(21)6-8-16/h4-9,12H,2-3,10-11H2,1H3,(H,22,23). The van der Waals surface area contributed by atoms with Gasteiger partial charge in [-0.15, -0.1) is 0 Å². The minimum atomic E-state index is -3.84. The van der Waals surface area contributed by atoms with E-state index in [4.69, 9.17) is 11.6 Å². The number of hydrogen-bond donors (Lipinski definition) is 1. The van der Waals surface area contributed by atoms with Gasteiger partial charge < -0.3 is 5.32 Å². The van der Waals surface area contributed by atoms with Crippen molar-refractivity contribution in [1.82, 2.24) is 0 Å². The average Bonchev–Trinajstić information content (AvgIpc) is 3.09. The van der Waals surface area contributed by atoms with Crippen molar-refractivity contribution in [2.45, 2.75) is 42.2 Å². The number of hydrogen-bond acceptors (Lipinski definition) is 3. The van der Waals surface area contributed by atoms with Gasteiger partial charge in [-0.25, -0.2) is 8.42 Å². The van der Waals surface area contributed by atoms with Crippen molar-refractivity contribution in [1.29, 1.82) is 0 Å². The molecule has 1 fully saturated rings. The van der Waals surface area contributed by atoms with Gasteiger partial charge in [0.15, 0.2) is 14.6 Å². The Bertz CT molecular complexity index is 936. The van der Waals surface area contributed by atoms with Gasteiger partial charge in [0.1, 0.15) is 0 Å². The second kappa shape index (κ2) is 7.33. The zero-order valence-corrected chi connectivity index (χ0v) is 17.4. The molecule has 1 saturated carbocycles. The Morgan fingerprint density at radius 3 is 2.31 bits per heavy atom. The van der Waals surface area contributed by atoms with E-state index in [-0.39, 0.29) is 4.90 Å². The Balaban J connectivity index is 1.99. The molecule has 2 aromatic carbocycles. The predicted octanol–water partition coefficient (Wildman–Crippen LogP) is 5.14. The first-order valence-corrected chi connectivity index (χ1v) is 11.0. The number of sulfone groups is 1. The number of halogens is 2. The molecular weight excluding hydrogens is 438 g/mol. The molecule has 3 rings (SSSR count). The Morgan fingerprint density at radius 1 is 1.12 bits per heavy atom. The molecule has 0 aromatic heterocycles. The summed E-state index contributed by atoms with van der Waals surface area (Å²) in [6.07, 6.45) is 2.05. The number of aryl methyl sites for hydroxylation is 1. The summed E-state index contributed by atoms with van der Waals surface area (Å²) in [4.78, 5) is 13.3. The van der Waals surface area contributed by atoms with Gasteiger partial charge in [0.25, 0.3) is 0 Å². The molecule has 0 aliphatic heterocycles. The zero-order chi connectivity index (χ0) is 18.9. The second-order valence-electron chi connectivity index (χ2n) is 6.57. The van der Waals surface area contributed by atoms with Crippen LogP contribution in [0.15, 0.2) is 51.8 Å². The summed E-state index contributed by atoms with van der Waals surface area (Å²) in [6.45, 7) is 1.87. The van der Waals surface area contributed by atoms with Gasteiger partial charge in [-0.1, -0.05) is 40.4 Å². The number of rotatable bonds is 4. The van der Waals surface area contributed by atoms with Crippen LogP contribution in [0.4, 0.5) is 5.69 Å². The third kappa shape index (κ3) is 3.42. The largest absolute Gasteiger partial charge is 0.324 e. The molecule has 4 nitrogen and oxygen atoms in total. The zero-order valence-electron chi connectivity index (χ0n) is 14.3. The first-order valence-electron chi connectivity index (χ1n) is 8.34. The SMILES string of the molecule is Cc1cc(Br)ccc1NC(=O)C1(S(=O)(=O)c2ccc(Cl)cc2)CCCC1. The second-order valence-corrected chi connectivity index (χ2v) is 10.2. The molecule has 1 N–H and O–H groups in total. The lowest BCUT2D eigenvalue weighted by molar-refractivity contribution is -0.118. The number of benzene rings is 2. The molecule has 0 unspecified atom stereocenters. The van der Waals surface area contributed by atoms with Crippen LogP contribution in [-0.4, -0.2) is 19.1 Å². The number of nitrogens with one attached hydrogen (secondary N) is 1. The molecule has 1 amide bonds. The predicted molar refractivity (Wildman–Crippen MR) is 107 cm³/mol. The van der Waals surface area contributed by atoms with Crippen LogP contribution in [0.3, 0.4) is 0 Å². The first kappa shape index (κ1) is 19.4. The molecular formula is C19H19BrClNO3S. The molecule has 7 heteroatoms. The lowest BCUT2D eigenvalue weighted by atomic mass is 10.1. The molecule has 0 atom stereocenters. The molecule has 26 heavy (non-hydrogen) atoms. The van der Waals surface area contributed by atoms with Crippen LogP contribution >= 0.6 is 27.5 Å². The van der Waals surface area contributed by atoms with E-state index in [1.54, 1.807) is 6.07 Å². The summed E-state index contributed by atoms with van der Waals surface area (Å²) in [7, 11) is -3.84. The summed E-state index contributed by atoms with van der Waals surface area (Å²) in [5.41, 5.74) is 1.49. The molecule has 2 aromatic rings. The first-order chi connectivity index (χ1) is 12.3. The number of carbonyl (C=O) groups is 1. The molecule has 138 valence electrons. The van der Waals surface area contributed by atoms with Gasteiger partial charge >= 0.3 is 0 Å². The van der Waals surface area contributed by atoms with E-state index in [9.17, 15) is 13.2 Å². The van der Waals surface area contributed by atoms with E-state index in [0.717, 1.165) is 10.0 Å². The van der Waals surface area contributed by atoms with Crippen LogP contribution in [0.2, 0.25) is 5.02 Å². The van der Waals surface area contributed by atoms with Crippen LogP contribution in [0.25, 0.3) is 0 Å². The molecule has 1 aliphatic rings. The summed E-state index contributed by atoms with van der Waals surface area (Å²) >= 11 is 9.27. The molecule has 1 aliphatic carbocycles. The van der Waals surface area contributed by atoms with Crippen LogP contribution in [0, 0.1) is 6.92 Å². The van der Waals surface area contributed by atoms with Crippen LogP contribution in [0.5, 0.6) is 0 Å². The van der Waals surface area contributed by atoms with E-state index in [1.165, 1.54) is 24.3 Å². The fourth-order valence-electron chi connectivity index (χ4n) is 3.41. The molecule has 0 radical (unpaired) electrons. The molecule has 0 spiro atoms. The summed E-state index contributed by atoms with van der Waals surface area (Å²) in [5.74, 6) is -0.463. The minimum Gasteiger partial charge on any atom is -0.324 e. The number of amides is 1. The maximum atomic E-state index is 13.3. The van der Waals surface area contributed by atoms with Crippen molar-refractivity contribution in [3.63, 3.8) is 0 Å². The number of anilines is 1. The van der Waals surface area contributed by atoms with Crippen molar-refractivity contribution >= 4 is 49.0 Å². The highest BCUT2D eigenvalue weighted by molar-refractivity contribution is 9.10. The van der Waals surface area contributed by atoms with Gasteiger partial charge in [0.05, 0.1) is 4.90 Å². The van der Waals surface area contributed by atoms with Crippen molar-refractivity contribution in [2.24, 2.45) is 0 Å². The van der Waals surface area contributed by atoms with Gasteiger partial charge in [-0.3, -0.25) is 4.79 Å². The maximum Gasteiger partial charge on any atom is 0.246 e. The Kier molecular flexibility index (Phi) is 5.47. The molecule has 0 heterocycles. The highest BCUT2D eigenvalue weighted by Crippen LogP contribution is 2.41. The quantitative estimate of drug-likeness (QED) is 0.693.